The van der Waals surface area contributed by atoms with Gasteiger partial charge in [0.2, 0.25) is 5.91 Å². The molecule has 1 aliphatic rings. The van der Waals surface area contributed by atoms with Crippen LogP contribution in [0, 0.1) is 13.8 Å². The van der Waals surface area contributed by atoms with Gasteiger partial charge in [0.05, 0.1) is 6.61 Å². The molecular weight excluding hydrogens is 228 g/mol. The number of aliphatic hydroxyl groups excluding tert-OH is 1. The largest absolute Gasteiger partial charge is 0.394 e. The minimum absolute atomic E-state index is 0.0566. The van der Waals surface area contributed by atoms with E-state index in [1.807, 2.05) is 32.0 Å². The van der Waals surface area contributed by atoms with Gasteiger partial charge in [-0.1, -0.05) is 6.07 Å². The molecule has 1 saturated heterocycles. The molecule has 1 amide bonds. The van der Waals surface area contributed by atoms with Crippen molar-refractivity contribution in [1.82, 2.24) is 5.32 Å². The van der Waals surface area contributed by atoms with Gasteiger partial charge >= 0.3 is 0 Å². The molecule has 2 atom stereocenters. The zero-order valence-corrected chi connectivity index (χ0v) is 11.1. The van der Waals surface area contributed by atoms with Crippen molar-refractivity contribution in [3.05, 3.63) is 29.3 Å². The number of nitrogens with zero attached hydrogens (tertiary/aromatic N) is 1. The summed E-state index contributed by atoms with van der Waals surface area (Å²) < 4.78 is 0. The third-order valence-corrected chi connectivity index (χ3v) is 3.49. The van der Waals surface area contributed by atoms with Crippen LogP contribution in [0.15, 0.2) is 18.2 Å². The Labute approximate surface area is 108 Å². The minimum atomic E-state index is -0.490. The molecule has 1 fully saturated rings. The van der Waals surface area contributed by atoms with Crippen LogP contribution in [-0.2, 0) is 4.79 Å². The standard InChI is InChI=1S/C14H20N2O2/c1-9-4-5-12(6-10(9)2)16-7-11(3)15-13(8-17)14(16)18/h4-6,11,13,15,17H,7-8H2,1-3H3. The van der Waals surface area contributed by atoms with Gasteiger partial charge in [0, 0.05) is 18.3 Å². The molecule has 0 spiro atoms. The predicted molar refractivity (Wildman–Crippen MR) is 71.7 cm³/mol. The first-order chi connectivity index (χ1) is 8.52. The summed E-state index contributed by atoms with van der Waals surface area (Å²) in [6, 6.07) is 5.71. The van der Waals surface area contributed by atoms with Gasteiger partial charge in [-0.25, -0.2) is 0 Å². The maximum atomic E-state index is 12.2. The molecule has 0 aromatic heterocycles. The van der Waals surface area contributed by atoms with Crippen LogP contribution >= 0.6 is 0 Å². The molecule has 0 bridgehead atoms. The molecule has 2 N–H and O–H groups in total. The molecule has 1 aromatic rings. The number of carbonyl (C=O) groups is 1. The van der Waals surface area contributed by atoms with E-state index in [1.165, 1.54) is 11.1 Å². The molecule has 0 saturated carbocycles. The van der Waals surface area contributed by atoms with E-state index in [0.29, 0.717) is 6.54 Å². The number of anilines is 1. The van der Waals surface area contributed by atoms with Gasteiger partial charge in [0.25, 0.3) is 0 Å². The highest BCUT2D eigenvalue weighted by molar-refractivity contribution is 5.98. The monoisotopic (exact) mass is 248 g/mol. The zero-order valence-electron chi connectivity index (χ0n) is 11.1. The third-order valence-electron chi connectivity index (χ3n) is 3.49. The Morgan fingerprint density at radius 3 is 2.72 bits per heavy atom. The number of rotatable bonds is 2. The zero-order chi connectivity index (χ0) is 13.3. The Morgan fingerprint density at radius 1 is 1.39 bits per heavy atom. The summed E-state index contributed by atoms with van der Waals surface area (Å²) in [5.41, 5.74) is 3.30. The van der Waals surface area contributed by atoms with Crippen LogP contribution in [0.25, 0.3) is 0 Å². The maximum absolute atomic E-state index is 12.2. The molecule has 0 aliphatic carbocycles. The summed E-state index contributed by atoms with van der Waals surface area (Å²) in [5.74, 6) is -0.0566. The lowest BCUT2D eigenvalue weighted by atomic mass is 10.1. The van der Waals surface area contributed by atoms with Crippen LogP contribution in [-0.4, -0.2) is 36.2 Å². The Balaban J connectivity index is 2.30. The van der Waals surface area contributed by atoms with Crippen LogP contribution in [0.1, 0.15) is 18.1 Å². The number of aryl methyl sites for hydroxylation is 2. The van der Waals surface area contributed by atoms with Crippen LogP contribution < -0.4 is 10.2 Å². The number of nitrogens with one attached hydrogen (secondary N) is 1. The van der Waals surface area contributed by atoms with Crippen molar-refractivity contribution in [2.24, 2.45) is 0 Å². The summed E-state index contributed by atoms with van der Waals surface area (Å²) in [5, 5.41) is 12.3. The Kier molecular flexibility index (Phi) is 3.68. The maximum Gasteiger partial charge on any atom is 0.246 e. The molecule has 0 radical (unpaired) electrons. The average Bonchev–Trinajstić information content (AvgIpc) is 2.35. The fourth-order valence-corrected chi connectivity index (χ4v) is 2.28. The van der Waals surface area contributed by atoms with E-state index in [-0.39, 0.29) is 18.6 Å². The average molecular weight is 248 g/mol. The third kappa shape index (κ3) is 2.40. The van der Waals surface area contributed by atoms with Crippen molar-refractivity contribution in [3.63, 3.8) is 0 Å². The first-order valence-corrected chi connectivity index (χ1v) is 6.28. The molecular formula is C14H20N2O2. The number of aliphatic hydroxyl groups is 1. The molecule has 1 aromatic carbocycles. The normalized spacial score (nSPS) is 24.4. The highest BCUT2D eigenvalue weighted by atomic mass is 16.3. The fraction of sp³-hybridized carbons (Fsp3) is 0.500. The van der Waals surface area contributed by atoms with E-state index in [9.17, 15) is 9.90 Å². The first-order valence-electron chi connectivity index (χ1n) is 6.28. The van der Waals surface area contributed by atoms with Crippen molar-refractivity contribution in [2.75, 3.05) is 18.1 Å². The second-order valence-corrected chi connectivity index (χ2v) is 5.02. The predicted octanol–water partition coefficient (Wildman–Crippen LogP) is 0.989. The summed E-state index contributed by atoms with van der Waals surface area (Å²) >= 11 is 0. The van der Waals surface area contributed by atoms with Crippen LogP contribution in [0.4, 0.5) is 5.69 Å². The molecule has 1 aliphatic heterocycles. The van der Waals surface area contributed by atoms with Gasteiger partial charge in [-0.15, -0.1) is 0 Å². The van der Waals surface area contributed by atoms with Crippen molar-refractivity contribution in [2.45, 2.75) is 32.9 Å². The summed E-state index contributed by atoms with van der Waals surface area (Å²) in [6.45, 7) is 6.59. The van der Waals surface area contributed by atoms with Crippen molar-refractivity contribution >= 4 is 11.6 Å². The van der Waals surface area contributed by atoms with E-state index < -0.39 is 6.04 Å². The summed E-state index contributed by atoms with van der Waals surface area (Å²) in [7, 11) is 0. The van der Waals surface area contributed by atoms with Crippen molar-refractivity contribution in [1.29, 1.82) is 0 Å². The smallest absolute Gasteiger partial charge is 0.246 e. The SMILES string of the molecule is Cc1ccc(N2CC(C)NC(CO)C2=O)cc1C. The van der Waals surface area contributed by atoms with Crippen LogP contribution in [0.2, 0.25) is 0 Å². The van der Waals surface area contributed by atoms with E-state index >= 15 is 0 Å². The van der Waals surface area contributed by atoms with E-state index in [1.54, 1.807) is 4.90 Å². The molecule has 4 heteroatoms. The van der Waals surface area contributed by atoms with Crippen molar-refractivity contribution < 1.29 is 9.90 Å². The van der Waals surface area contributed by atoms with E-state index in [0.717, 1.165) is 5.69 Å². The number of amides is 1. The van der Waals surface area contributed by atoms with E-state index in [2.05, 4.69) is 12.2 Å². The molecule has 4 nitrogen and oxygen atoms in total. The molecule has 1 heterocycles. The number of carbonyl (C=O) groups excluding carboxylic acids is 1. The van der Waals surface area contributed by atoms with Crippen LogP contribution in [0.3, 0.4) is 0 Å². The van der Waals surface area contributed by atoms with Gasteiger partial charge in [-0.05, 0) is 44.0 Å². The van der Waals surface area contributed by atoms with Gasteiger partial charge in [-0.2, -0.15) is 0 Å². The van der Waals surface area contributed by atoms with Gasteiger partial charge in [0.1, 0.15) is 6.04 Å². The summed E-state index contributed by atoms with van der Waals surface area (Å²) in [4.78, 5) is 14.0. The lowest BCUT2D eigenvalue weighted by molar-refractivity contribution is -0.123. The van der Waals surface area contributed by atoms with Gasteiger partial charge in [-0.3, -0.25) is 10.1 Å². The van der Waals surface area contributed by atoms with Crippen molar-refractivity contribution in [3.8, 4) is 0 Å². The second-order valence-electron chi connectivity index (χ2n) is 5.02. The Morgan fingerprint density at radius 2 is 2.11 bits per heavy atom. The number of benzene rings is 1. The highest BCUT2D eigenvalue weighted by Crippen LogP contribution is 2.21. The lowest BCUT2D eigenvalue weighted by Gasteiger charge is -2.36. The molecule has 2 rings (SSSR count). The molecule has 2 unspecified atom stereocenters. The quantitative estimate of drug-likeness (QED) is 0.820. The van der Waals surface area contributed by atoms with Gasteiger partial charge < -0.3 is 10.0 Å². The lowest BCUT2D eigenvalue weighted by Crippen LogP contribution is -2.60. The molecule has 98 valence electrons. The Bertz CT molecular complexity index is 459. The first kappa shape index (κ1) is 13.1. The second kappa shape index (κ2) is 5.08. The molecule has 18 heavy (non-hydrogen) atoms. The number of piperazine rings is 1. The Hall–Kier alpha value is -1.39. The fourth-order valence-electron chi connectivity index (χ4n) is 2.28. The topological polar surface area (TPSA) is 52.6 Å². The highest BCUT2D eigenvalue weighted by Gasteiger charge is 2.32. The van der Waals surface area contributed by atoms with Gasteiger partial charge in [0.15, 0.2) is 0 Å². The number of hydrogen-bond donors (Lipinski definition) is 2. The van der Waals surface area contributed by atoms with E-state index in [4.69, 9.17) is 0 Å². The summed E-state index contributed by atoms with van der Waals surface area (Å²) in [6.07, 6.45) is 0. The van der Waals surface area contributed by atoms with Crippen LogP contribution in [0.5, 0.6) is 0 Å². The minimum Gasteiger partial charge on any atom is -0.394 e. The number of hydrogen-bond acceptors (Lipinski definition) is 3.